The first kappa shape index (κ1) is 12.7. The van der Waals surface area contributed by atoms with Gasteiger partial charge in [-0.3, -0.25) is 4.79 Å². The van der Waals surface area contributed by atoms with Crippen molar-refractivity contribution in [2.24, 2.45) is 5.10 Å². The van der Waals surface area contributed by atoms with Crippen LogP contribution >= 0.6 is 0 Å². The molecule has 0 atom stereocenters. The number of hydrogen-bond acceptors (Lipinski definition) is 4. The Balaban J connectivity index is 2.33. The summed E-state index contributed by atoms with van der Waals surface area (Å²) in [7, 11) is 0. The summed E-state index contributed by atoms with van der Waals surface area (Å²) in [5, 5.41) is 22.4. The zero-order chi connectivity index (χ0) is 14.0. The second-order valence-electron chi connectivity index (χ2n) is 3.91. The molecule has 1 amide bonds. The molecule has 7 heteroatoms. The number of aromatic carboxylic acids is 1. The van der Waals surface area contributed by atoms with Gasteiger partial charge in [0.25, 0.3) is 0 Å². The van der Waals surface area contributed by atoms with Gasteiger partial charge in [-0.05, 0) is 24.3 Å². The molecule has 1 heterocycles. The number of hydrazone groups is 1. The molecule has 0 fully saturated rings. The van der Waals surface area contributed by atoms with E-state index in [4.69, 9.17) is 10.2 Å². The Morgan fingerprint density at radius 1 is 1.05 bits per heavy atom. The summed E-state index contributed by atoms with van der Waals surface area (Å²) < 4.78 is 0. The van der Waals surface area contributed by atoms with Gasteiger partial charge in [-0.1, -0.05) is 0 Å². The summed E-state index contributed by atoms with van der Waals surface area (Å²) in [5.41, 5.74) is 0.325. The minimum absolute atomic E-state index is 0.0613. The van der Waals surface area contributed by atoms with Gasteiger partial charge in [0.2, 0.25) is 5.91 Å². The number of carbonyl (C=O) groups is 3. The number of carbonyl (C=O) groups excluding carboxylic acids is 1. The van der Waals surface area contributed by atoms with Crippen LogP contribution in [0.2, 0.25) is 0 Å². The minimum Gasteiger partial charge on any atom is -0.478 e. The quantitative estimate of drug-likeness (QED) is 0.843. The summed E-state index contributed by atoms with van der Waals surface area (Å²) in [4.78, 5) is 33.2. The zero-order valence-electron chi connectivity index (χ0n) is 9.74. The van der Waals surface area contributed by atoms with E-state index in [-0.39, 0.29) is 30.0 Å². The first-order valence-electron chi connectivity index (χ1n) is 5.46. The smallest absolute Gasteiger partial charge is 0.352 e. The fourth-order valence-corrected chi connectivity index (χ4v) is 1.65. The second kappa shape index (κ2) is 4.89. The van der Waals surface area contributed by atoms with Crippen LogP contribution in [-0.4, -0.2) is 33.8 Å². The van der Waals surface area contributed by atoms with E-state index >= 15 is 0 Å². The van der Waals surface area contributed by atoms with Gasteiger partial charge in [-0.2, -0.15) is 5.10 Å². The highest BCUT2D eigenvalue weighted by Crippen LogP contribution is 2.20. The number of rotatable bonds is 3. The molecular weight excluding hydrogens is 252 g/mol. The average molecular weight is 262 g/mol. The number of hydrogen-bond donors (Lipinski definition) is 2. The summed E-state index contributed by atoms with van der Waals surface area (Å²) in [6.45, 7) is 0. The van der Waals surface area contributed by atoms with Gasteiger partial charge >= 0.3 is 11.9 Å². The molecule has 0 saturated heterocycles. The standard InChI is InChI=1S/C12H10N2O5/c15-10-6-5-9(12(18)19)13-14(10)8-3-1-7(2-4-8)11(16)17/h1-4H,5-6H2,(H,16,17)(H,18,19). The first-order chi connectivity index (χ1) is 8.99. The van der Waals surface area contributed by atoms with Crippen LogP contribution in [0.4, 0.5) is 5.69 Å². The van der Waals surface area contributed by atoms with Gasteiger partial charge in [-0.15, -0.1) is 0 Å². The fourth-order valence-electron chi connectivity index (χ4n) is 1.65. The van der Waals surface area contributed by atoms with E-state index in [1.807, 2.05) is 0 Å². The van der Waals surface area contributed by atoms with Crippen molar-refractivity contribution in [1.29, 1.82) is 0 Å². The van der Waals surface area contributed by atoms with Crippen molar-refractivity contribution in [1.82, 2.24) is 0 Å². The number of benzene rings is 1. The SMILES string of the molecule is O=C(O)C1=NN(c2ccc(C(=O)O)cc2)C(=O)CC1. The maximum Gasteiger partial charge on any atom is 0.352 e. The molecule has 7 nitrogen and oxygen atoms in total. The summed E-state index contributed by atoms with van der Waals surface area (Å²) in [6.07, 6.45) is 0.156. The van der Waals surface area contributed by atoms with E-state index in [9.17, 15) is 14.4 Å². The third-order valence-electron chi connectivity index (χ3n) is 2.64. The molecule has 1 aromatic rings. The van der Waals surface area contributed by atoms with E-state index in [0.29, 0.717) is 5.69 Å². The first-order valence-corrected chi connectivity index (χ1v) is 5.46. The normalized spacial score (nSPS) is 15.1. The lowest BCUT2D eigenvalue weighted by molar-refractivity contribution is -0.129. The highest BCUT2D eigenvalue weighted by atomic mass is 16.4. The molecule has 98 valence electrons. The molecule has 19 heavy (non-hydrogen) atoms. The average Bonchev–Trinajstić information content (AvgIpc) is 2.39. The van der Waals surface area contributed by atoms with Gasteiger partial charge in [0.15, 0.2) is 0 Å². The van der Waals surface area contributed by atoms with E-state index in [2.05, 4.69) is 5.10 Å². The molecule has 0 spiro atoms. The molecule has 1 aliphatic rings. The highest BCUT2D eigenvalue weighted by Gasteiger charge is 2.25. The van der Waals surface area contributed by atoms with Crippen LogP contribution in [-0.2, 0) is 9.59 Å². The molecule has 2 N–H and O–H groups in total. The molecule has 0 aliphatic carbocycles. The van der Waals surface area contributed by atoms with Crippen molar-refractivity contribution in [2.75, 3.05) is 5.01 Å². The van der Waals surface area contributed by atoms with Gasteiger partial charge in [-0.25, -0.2) is 14.6 Å². The predicted molar refractivity (Wildman–Crippen MR) is 65.2 cm³/mol. The number of anilines is 1. The maximum atomic E-state index is 11.7. The topological polar surface area (TPSA) is 107 Å². The lowest BCUT2D eigenvalue weighted by Crippen LogP contribution is -2.34. The van der Waals surface area contributed by atoms with Gasteiger partial charge in [0, 0.05) is 12.8 Å². The molecule has 0 unspecified atom stereocenters. The molecule has 0 saturated carbocycles. The van der Waals surface area contributed by atoms with Gasteiger partial charge in [0.1, 0.15) is 5.71 Å². The van der Waals surface area contributed by atoms with Crippen molar-refractivity contribution in [3.05, 3.63) is 29.8 Å². The Morgan fingerprint density at radius 3 is 2.21 bits per heavy atom. The molecule has 0 bridgehead atoms. The van der Waals surface area contributed by atoms with Crippen LogP contribution in [0, 0.1) is 0 Å². The molecule has 0 radical (unpaired) electrons. The fraction of sp³-hybridized carbons (Fsp3) is 0.167. The lowest BCUT2D eigenvalue weighted by atomic mass is 10.1. The van der Waals surface area contributed by atoms with Crippen LogP contribution < -0.4 is 5.01 Å². The summed E-state index contributed by atoms with van der Waals surface area (Å²) >= 11 is 0. The van der Waals surface area contributed by atoms with Gasteiger partial charge < -0.3 is 10.2 Å². The van der Waals surface area contributed by atoms with E-state index in [0.717, 1.165) is 5.01 Å². The van der Waals surface area contributed by atoms with Crippen LogP contribution in [0.15, 0.2) is 29.4 Å². The molecule has 1 aliphatic heterocycles. The Kier molecular flexibility index (Phi) is 3.28. The Bertz CT molecular complexity index is 576. The predicted octanol–water partition coefficient (Wildman–Crippen LogP) is 0.952. The monoisotopic (exact) mass is 262 g/mol. The summed E-state index contributed by atoms with van der Waals surface area (Å²) in [6, 6.07) is 5.48. The zero-order valence-corrected chi connectivity index (χ0v) is 9.74. The van der Waals surface area contributed by atoms with Crippen LogP contribution in [0.3, 0.4) is 0 Å². The van der Waals surface area contributed by atoms with E-state index < -0.39 is 11.9 Å². The molecular formula is C12H10N2O5. The molecule has 2 rings (SSSR count). The van der Waals surface area contributed by atoms with Crippen molar-refractivity contribution in [2.45, 2.75) is 12.8 Å². The minimum atomic E-state index is -1.17. The van der Waals surface area contributed by atoms with E-state index in [1.165, 1.54) is 24.3 Å². The number of nitrogens with zero attached hydrogens (tertiary/aromatic N) is 2. The second-order valence-corrected chi connectivity index (χ2v) is 3.91. The third-order valence-corrected chi connectivity index (χ3v) is 2.64. The van der Waals surface area contributed by atoms with Gasteiger partial charge in [0.05, 0.1) is 11.3 Å². The van der Waals surface area contributed by atoms with Crippen molar-refractivity contribution < 1.29 is 24.6 Å². The number of carboxylic acid groups (broad SMARTS) is 2. The third kappa shape index (κ3) is 2.59. The Labute approximate surface area is 107 Å². The molecule has 0 aromatic heterocycles. The Morgan fingerprint density at radius 2 is 1.68 bits per heavy atom. The lowest BCUT2D eigenvalue weighted by Gasteiger charge is -2.22. The number of carboxylic acids is 2. The number of aliphatic carboxylic acids is 1. The van der Waals surface area contributed by atoms with E-state index in [1.54, 1.807) is 0 Å². The highest BCUT2D eigenvalue weighted by molar-refractivity contribution is 6.37. The maximum absolute atomic E-state index is 11.7. The molecule has 1 aromatic carbocycles. The summed E-state index contributed by atoms with van der Waals surface area (Å²) in [5.74, 6) is -2.57. The van der Waals surface area contributed by atoms with Crippen LogP contribution in [0.5, 0.6) is 0 Å². The van der Waals surface area contributed by atoms with Crippen molar-refractivity contribution in [3.8, 4) is 0 Å². The largest absolute Gasteiger partial charge is 0.478 e. The van der Waals surface area contributed by atoms with Crippen molar-refractivity contribution in [3.63, 3.8) is 0 Å². The van der Waals surface area contributed by atoms with Crippen molar-refractivity contribution >= 4 is 29.2 Å². The Hall–Kier alpha value is -2.70. The van der Waals surface area contributed by atoms with Crippen LogP contribution in [0.1, 0.15) is 23.2 Å². The number of amides is 1. The van der Waals surface area contributed by atoms with Crippen LogP contribution in [0.25, 0.3) is 0 Å².